The number of hydrogen-bond acceptors (Lipinski definition) is 3. The van der Waals surface area contributed by atoms with Gasteiger partial charge in [0.2, 0.25) is 5.91 Å². The molecule has 3 atom stereocenters. The molecule has 126 valence electrons. The molecule has 1 amide bonds. The van der Waals surface area contributed by atoms with Gasteiger partial charge in [-0.1, -0.05) is 47.6 Å². The summed E-state index contributed by atoms with van der Waals surface area (Å²) in [5.74, 6) is 0.163. The SMILES string of the molecule is CC(C)(C)C(=O)[C@@H](NC(=O)[C@@H]1CC1c1ccccn1)C(C)(C)C. The van der Waals surface area contributed by atoms with E-state index in [-0.39, 0.29) is 28.9 Å². The van der Waals surface area contributed by atoms with Crippen molar-refractivity contribution in [3.63, 3.8) is 0 Å². The van der Waals surface area contributed by atoms with Crippen molar-refractivity contribution in [3.05, 3.63) is 30.1 Å². The van der Waals surface area contributed by atoms with Gasteiger partial charge >= 0.3 is 0 Å². The number of carbonyl (C=O) groups excluding carboxylic acids is 2. The summed E-state index contributed by atoms with van der Waals surface area (Å²) in [6, 6.07) is 5.30. The van der Waals surface area contributed by atoms with E-state index in [2.05, 4.69) is 10.3 Å². The Balaban J connectivity index is 2.07. The molecule has 1 N–H and O–H groups in total. The molecule has 1 heterocycles. The monoisotopic (exact) mass is 316 g/mol. The van der Waals surface area contributed by atoms with Crippen LogP contribution in [0.1, 0.15) is 59.6 Å². The van der Waals surface area contributed by atoms with Crippen molar-refractivity contribution in [2.24, 2.45) is 16.7 Å². The van der Waals surface area contributed by atoms with Gasteiger partial charge in [0.1, 0.15) is 0 Å². The van der Waals surface area contributed by atoms with Crippen LogP contribution in [0.15, 0.2) is 24.4 Å². The summed E-state index contributed by atoms with van der Waals surface area (Å²) in [7, 11) is 0. The van der Waals surface area contributed by atoms with E-state index in [1.807, 2.05) is 59.7 Å². The van der Waals surface area contributed by atoms with Crippen LogP contribution in [-0.2, 0) is 9.59 Å². The minimum atomic E-state index is -0.477. The average Bonchev–Trinajstić information content (AvgIpc) is 3.23. The number of rotatable bonds is 4. The van der Waals surface area contributed by atoms with Crippen molar-refractivity contribution in [3.8, 4) is 0 Å². The van der Waals surface area contributed by atoms with Crippen LogP contribution in [0, 0.1) is 16.7 Å². The highest BCUT2D eigenvalue weighted by molar-refractivity contribution is 5.94. The largest absolute Gasteiger partial charge is 0.345 e. The van der Waals surface area contributed by atoms with Crippen LogP contribution in [0.4, 0.5) is 0 Å². The van der Waals surface area contributed by atoms with Gasteiger partial charge in [-0.3, -0.25) is 14.6 Å². The molecule has 1 aromatic rings. The highest BCUT2D eigenvalue weighted by Crippen LogP contribution is 2.47. The first kappa shape index (κ1) is 17.6. The maximum absolute atomic E-state index is 12.7. The number of aromatic nitrogens is 1. The van der Waals surface area contributed by atoms with E-state index in [1.165, 1.54) is 0 Å². The van der Waals surface area contributed by atoms with Gasteiger partial charge in [0, 0.05) is 29.1 Å². The van der Waals surface area contributed by atoms with E-state index in [0.29, 0.717) is 0 Å². The lowest BCUT2D eigenvalue weighted by Crippen LogP contribution is -2.53. The molecule has 0 aliphatic heterocycles. The molecule has 1 saturated carbocycles. The summed E-state index contributed by atoms with van der Waals surface area (Å²) in [5.41, 5.74) is 0.173. The number of ketones is 1. The van der Waals surface area contributed by atoms with Crippen molar-refractivity contribution < 1.29 is 9.59 Å². The van der Waals surface area contributed by atoms with Crippen molar-refractivity contribution in [1.29, 1.82) is 0 Å². The van der Waals surface area contributed by atoms with E-state index >= 15 is 0 Å². The predicted octanol–water partition coefficient (Wildman–Crippen LogP) is 3.33. The molecule has 23 heavy (non-hydrogen) atoms. The standard InChI is InChI=1S/C19H28N2O2/c1-18(2,3)15(16(22)19(4,5)6)21-17(23)13-11-12(13)14-9-7-8-10-20-14/h7-10,12-13,15H,11H2,1-6H3,(H,21,23)/t12?,13-,15-/m1/s1. The summed E-state index contributed by atoms with van der Waals surface area (Å²) in [6.07, 6.45) is 2.56. The van der Waals surface area contributed by atoms with E-state index in [0.717, 1.165) is 12.1 Å². The predicted molar refractivity (Wildman–Crippen MR) is 90.9 cm³/mol. The normalized spacial score (nSPS) is 22.3. The Hall–Kier alpha value is -1.71. The Bertz CT molecular complexity index is 582. The molecule has 0 spiro atoms. The minimum absolute atomic E-state index is 0.0295. The Kier molecular flexibility index (Phi) is 4.65. The van der Waals surface area contributed by atoms with Crippen LogP contribution in [0.2, 0.25) is 0 Å². The smallest absolute Gasteiger partial charge is 0.224 e. The fourth-order valence-electron chi connectivity index (χ4n) is 2.76. The van der Waals surface area contributed by atoms with Crippen molar-refractivity contribution >= 4 is 11.7 Å². The van der Waals surface area contributed by atoms with E-state index in [1.54, 1.807) is 6.20 Å². The third-order valence-corrected chi connectivity index (χ3v) is 4.35. The highest BCUT2D eigenvalue weighted by Gasteiger charge is 2.47. The average molecular weight is 316 g/mol. The van der Waals surface area contributed by atoms with Gasteiger partial charge in [0.15, 0.2) is 5.78 Å². The molecule has 4 heteroatoms. The Labute approximate surface area is 139 Å². The zero-order valence-electron chi connectivity index (χ0n) is 15.0. The zero-order valence-corrected chi connectivity index (χ0v) is 15.0. The zero-order chi connectivity index (χ0) is 17.4. The number of nitrogens with one attached hydrogen (secondary N) is 1. The molecule has 1 aliphatic rings. The van der Waals surface area contributed by atoms with E-state index < -0.39 is 11.5 Å². The van der Waals surface area contributed by atoms with Gasteiger partial charge in [-0.15, -0.1) is 0 Å². The molecule has 2 rings (SSSR count). The summed E-state index contributed by atoms with van der Waals surface area (Å²) in [4.78, 5) is 29.6. The first-order chi connectivity index (χ1) is 10.5. The lowest BCUT2D eigenvalue weighted by Gasteiger charge is -2.34. The maximum atomic E-state index is 12.7. The fourth-order valence-corrected chi connectivity index (χ4v) is 2.76. The Morgan fingerprint density at radius 3 is 2.30 bits per heavy atom. The van der Waals surface area contributed by atoms with Gasteiger partial charge in [0.05, 0.1) is 6.04 Å². The Morgan fingerprint density at radius 2 is 1.83 bits per heavy atom. The first-order valence-corrected chi connectivity index (χ1v) is 8.27. The lowest BCUT2D eigenvalue weighted by atomic mass is 9.75. The molecule has 1 aliphatic carbocycles. The number of nitrogens with zero attached hydrogens (tertiary/aromatic N) is 1. The fraction of sp³-hybridized carbons (Fsp3) is 0.632. The van der Waals surface area contributed by atoms with Crippen molar-refractivity contribution in [2.45, 2.75) is 59.9 Å². The van der Waals surface area contributed by atoms with Gasteiger partial charge < -0.3 is 5.32 Å². The van der Waals surface area contributed by atoms with Gasteiger partial charge in [0.25, 0.3) is 0 Å². The second kappa shape index (κ2) is 6.06. The number of amides is 1. The molecular formula is C19H28N2O2. The van der Waals surface area contributed by atoms with Gasteiger partial charge in [-0.2, -0.15) is 0 Å². The van der Waals surface area contributed by atoms with Crippen molar-refractivity contribution in [2.75, 3.05) is 0 Å². The minimum Gasteiger partial charge on any atom is -0.345 e. The quantitative estimate of drug-likeness (QED) is 0.927. The molecule has 0 radical (unpaired) electrons. The molecule has 1 aromatic heterocycles. The van der Waals surface area contributed by atoms with Crippen LogP contribution in [0.25, 0.3) is 0 Å². The molecule has 4 nitrogen and oxygen atoms in total. The number of pyridine rings is 1. The van der Waals surface area contributed by atoms with Crippen LogP contribution < -0.4 is 5.32 Å². The molecule has 0 bridgehead atoms. The third kappa shape index (κ3) is 4.18. The second-order valence-corrected chi connectivity index (χ2v) is 8.63. The number of hydrogen-bond donors (Lipinski definition) is 1. The van der Waals surface area contributed by atoms with Crippen LogP contribution in [0.3, 0.4) is 0 Å². The molecule has 1 unspecified atom stereocenters. The second-order valence-electron chi connectivity index (χ2n) is 8.63. The molecular weight excluding hydrogens is 288 g/mol. The van der Waals surface area contributed by atoms with Crippen LogP contribution in [0.5, 0.6) is 0 Å². The Morgan fingerprint density at radius 1 is 1.17 bits per heavy atom. The summed E-state index contributed by atoms with van der Waals surface area (Å²) >= 11 is 0. The first-order valence-electron chi connectivity index (χ1n) is 8.27. The summed E-state index contributed by atoms with van der Waals surface area (Å²) < 4.78 is 0. The maximum Gasteiger partial charge on any atom is 0.224 e. The number of carbonyl (C=O) groups is 2. The lowest BCUT2D eigenvalue weighted by molar-refractivity contribution is -0.135. The summed E-state index contributed by atoms with van der Waals surface area (Å²) in [6.45, 7) is 11.7. The summed E-state index contributed by atoms with van der Waals surface area (Å²) in [5, 5.41) is 3.01. The molecule has 1 fully saturated rings. The van der Waals surface area contributed by atoms with Gasteiger partial charge in [-0.05, 0) is 24.0 Å². The molecule has 0 saturated heterocycles. The van der Waals surface area contributed by atoms with Gasteiger partial charge in [-0.25, -0.2) is 0 Å². The highest BCUT2D eigenvalue weighted by atomic mass is 16.2. The number of Topliss-reactive ketones (excluding diaryl/α,β-unsaturated/α-hetero) is 1. The van der Waals surface area contributed by atoms with E-state index in [9.17, 15) is 9.59 Å². The van der Waals surface area contributed by atoms with Crippen LogP contribution >= 0.6 is 0 Å². The topological polar surface area (TPSA) is 59.1 Å². The van der Waals surface area contributed by atoms with Crippen LogP contribution in [-0.4, -0.2) is 22.7 Å². The molecule has 0 aromatic carbocycles. The van der Waals surface area contributed by atoms with Crippen molar-refractivity contribution in [1.82, 2.24) is 10.3 Å². The van der Waals surface area contributed by atoms with E-state index in [4.69, 9.17) is 0 Å². The third-order valence-electron chi connectivity index (χ3n) is 4.35.